The third kappa shape index (κ3) is 3.86. The molecular weight excluding hydrogens is 329 g/mol. The van der Waals surface area contributed by atoms with Crippen LogP contribution in [0.5, 0.6) is 0 Å². The number of benzene rings is 2. The monoisotopic (exact) mass is 347 g/mol. The van der Waals surface area contributed by atoms with Crippen molar-refractivity contribution >= 4 is 28.7 Å². The van der Waals surface area contributed by atoms with Crippen LogP contribution < -0.4 is 10.3 Å². The fourth-order valence-corrected chi connectivity index (χ4v) is 2.73. The Morgan fingerprint density at radius 3 is 2.67 bits per heavy atom. The molecule has 0 amide bonds. The molecule has 2 aromatic rings. The molecule has 1 saturated heterocycles. The summed E-state index contributed by atoms with van der Waals surface area (Å²) in [6, 6.07) is 12.5. The van der Waals surface area contributed by atoms with Gasteiger partial charge in [0.05, 0.1) is 35.3 Å². The summed E-state index contributed by atoms with van der Waals surface area (Å²) in [6.07, 6.45) is 0. The Morgan fingerprint density at radius 2 is 1.96 bits per heavy atom. The lowest BCUT2D eigenvalue weighted by Crippen LogP contribution is -2.36. The SMILES string of the molecule is C/C(=N/Nc1ccccc1Cl)c1ccc(N2CCOCC2)c(F)c1. The number of anilines is 2. The molecule has 0 saturated carbocycles. The minimum Gasteiger partial charge on any atom is -0.378 e. The summed E-state index contributed by atoms with van der Waals surface area (Å²) >= 11 is 6.08. The molecule has 1 aliphatic rings. The van der Waals surface area contributed by atoms with Gasteiger partial charge in [0.15, 0.2) is 0 Å². The minimum absolute atomic E-state index is 0.248. The van der Waals surface area contributed by atoms with E-state index in [4.69, 9.17) is 16.3 Å². The van der Waals surface area contributed by atoms with Crippen molar-refractivity contribution in [1.29, 1.82) is 0 Å². The van der Waals surface area contributed by atoms with Crippen LogP contribution in [0.4, 0.5) is 15.8 Å². The van der Waals surface area contributed by atoms with Crippen molar-refractivity contribution in [3.8, 4) is 0 Å². The van der Waals surface area contributed by atoms with Gasteiger partial charge in [-0.25, -0.2) is 4.39 Å². The first-order valence-electron chi connectivity index (χ1n) is 7.82. The fourth-order valence-electron chi connectivity index (χ4n) is 2.55. The second-order valence-corrected chi connectivity index (χ2v) is 5.96. The van der Waals surface area contributed by atoms with Gasteiger partial charge in [-0.3, -0.25) is 5.43 Å². The molecule has 126 valence electrons. The average Bonchev–Trinajstić information content (AvgIpc) is 2.61. The van der Waals surface area contributed by atoms with Crippen molar-refractivity contribution in [2.75, 3.05) is 36.6 Å². The maximum absolute atomic E-state index is 14.4. The van der Waals surface area contributed by atoms with Gasteiger partial charge in [0.2, 0.25) is 0 Å². The van der Waals surface area contributed by atoms with Crippen LogP contribution >= 0.6 is 11.6 Å². The highest BCUT2D eigenvalue weighted by molar-refractivity contribution is 6.33. The van der Waals surface area contributed by atoms with E-state index >= 15 is 0 Å². The van der Waals surface area contributed by atoms with Crippen molar-refractivity contribution in [2.45, 2.75) is 6.92 Å². The number of ether oxygens (including phenoxy) is 1. The molecule has 3 rings (SSSR count). The maximum atomic E-state index is 14.4. The zero-order valence-electron chi connectivity index (χ0n) is 13.4. The summed E-state index contributed by atoms with van der Waals surface area (Å²) in [6.45, 7) is 4.49. The predicted molar refractivity (Wildman–Crippen MR) is 96.7 cm³/mol. The maximum Gasteiger partial charge on any atom is 0.147 e. The summed E-state index contributed by atoms with van der Waals surface area (Å²) in [5.74, 6) is -0.248. The fraction of sp³-hybridized carbons (Fsp3) is 0.278. The van der Waals surface area contributed by atoms with E-state index in [0.717, 1.165) is 5.56 Å². The molecule has 6 heteroatoms. The third-order valence-electron chi connectivity index (χ3n) is 3.94. The molecule has 0 radical (unpaired) electrons. The quantitative estimate of drug-likeness (QED) is 0.666. The Labute approximate surface area is 145 Å². The molecular formula is C18H19ClFN3O. The molecule has 0 unspecified atom stereocenters. The molecule has 24 heavy (non-hydrogen) atoms. The van der Waals surface area contributed by atoms with E-state index in [1.807, 2.05) is 36.1 Å². The Hall–Kier alpha value is -2.11. The zero-order chi connectivity index (χ0) is 16.9. The first kappa shape index (κ1) is 16.7. The number of hydrogen-bond acceptors (Lipinski definition) is 4. The van der Waals surface area contributed by atoms with Crippen LogP contribution in [0.15, 0.2) is 47.6 Å². The van der Waals surface area contributed by atoms with Crippen molar-refractivity contribution in [3.05, 3.63) is 58.9 Å². The Morgan fingerprint density at radius 1 is 1.21 bits per heavy atom. The Bertz CT molecular complexity index is 745. The Kier molecular flexibility index (Phi) is 5.33. The van der Waals surface area contributed by atoms with E-state index in [1.54, 1.807) is 12.1 Å². The largest absolute Gasteiger partial charge is 0.378 e. The Balaban J connectivity index is 1.75. The van der Waals surface area contributed by atoms with Crippen LogP contribution in [0.1, 0.15) is 12.5 Å². The second-order valence-electron chi connectivity index (χ2n) is 5.55. The van der Waals surface area contributed by atoms with Crippen LogP contribution in [0.3, 0.4) is 0 Å². The van der Waals surface area contributed by atoms with Gasteiger partial charge in [-0.05, 0) is 31.2 Å². The molecule has 0 aliphatic carbocycles. The number of hydrogen-bond donors (Lipinski definition) is 1. The molecule has 0 bridgehead atoms. The second kappa shape index (κ2) is 7.64. The van der Waals surface area contributed by atoms with Crippen LogP contribution in [-0.2, 0) is 4.74 Å². The average molecular weight is 348 g/mol. The van der Waals surface area contributed by atoms with E-state index in [-0.39, 0.29) is 5.82 Å². The lowest BCUT2D eigenvalue weighted by molar-refractivity contribution is 0.122. The van der Waals surface area contributed by atoms with E-state index in [2.05, 4.69) is 10.5 Å². The molecule has 0 aromatic heterocycles. The minimum atomic E-state index is -0.248. The number of nitrogens with one attached hydrogen (secondary N) is 1. The number of nitrogens with zero attached hydrogens (tertiary/aromatic N) is 2. The molecule has 1 fully saturated rings. The summed E-state index contributed by atoms with van der Waals surface area (Å²) in [7, 11) is 0. The lowest BCUT2D eigenvalue weighted by atomic mass is 10.1. The van der Waals surface area contributed by atoms with Crippen molar-refractivity contribution < 1.29 is 9.13 Å². The van der Waals surface area contributed by atoms with Gasteiger partial charge in [-0.1, -0.05) is 29.8 Å². The summed E-state index contributed by atoms with van der Waals surface area (Å²) in [4.78, 5) is 2.00. The standard InChI is InChI=1S/C18H19ClFN3O/c1-13(21-22-17-5-3-2-4-15(17)19)14-6-7-18(16(20)12-14)23-8-10-24-11-9-23/h2-7,12,22H,8-11H2,1H3/b21-13-. The number of halogens is 2. The van der Waals surface area contributed by atoms with Gasteiger partial charge in [0.1, 0.15) is 5.82 Å². The highest BCUT2D eigenvalue weighted by Crippen LogP contribution is 2.23. The van der Waals surface area contributed by atoms with E-state index < -0.39 is 0 Å². The van der Waals surface area contributed by atoms with E-state index in [9.17, 15) is 4.39 Å². The van der Waals surface area contributed by atoms with Crippen LogP contribution in [-0.4, -0.2) is 32.0 Å². The van der Waals surface area contributed by atoms with Gasteiger partial charge in [0, 0.05) is 18.7 Å². The van der Waals surface area contributed by atoms with Crippen molar-refractivity contribution in [3.63, 3.8) is 0 Å². The van der Waals surface area contributed by atoms with Gasteiger partial charge >= 0.3 is 0 Å². The van der Waals surface area contributed by atoms with Crippen LogP contribution in [0, 0.1) is 5.82 Å². The predicted octanol–water partition coefficient (Wildman–Crippen LogP) is 4.15. The zero-order valence-corrected chi connectivity index (χ0v) is 14.2. The summed E-state index contributed by atoms with van der Waals surface area (Å²) in [5, 5.41) is 4.88. The van der Waals surface area contributed by atoms with Gasteiger partial charge in [0.25, 0.3) is 0 Å². The summed E-state index contributed by atoms with van der Waals surface area (Å²) < 4.78 is 19.7. The van der Waals surface area contributed by atoms with Crippen molar-refractivity contribution in [2.24, 2.45) is 5.10 Å². The number of hydrazone groups is 1. The first-order valence-corrected chi connectivity index (χ1v) is 8.20. The van der Waals surface area contributed by atoms with Crippen LogP contribution in [0.25, 0.3) is 0 Å². The molecule has 1 aliphatic heterocycles. The molecule has 1 N–H and O–H groups in total. The van der Waals surface area contributed by atoms with Crippen LogP contribution in [0.2, 0.25) is 5.02 Å². The van der Waals surface area contributed by atoms with Gasteiger partial charge < -0.3 is 9.64 Å². The van der Waals surface area contributed by atoms with E-state index in [0.29, 0.717) is 48.4 Å². The molecule has 4 nitrogen and oxygen atoms in total. The molecule has 2 aromatic carbocycles. The van der Waals surface area contributed by atoms with Gasteiger partial charge in [-0.15, -0.1) is 0 Å². The highest BCUT2D eigenvalue weighted by Gasteiger charge is 2.15. The molecule has 0 atom stereocenters. The highest BCUT2D eigenvalue weighted by atomic mass is 35.5. The molecule has 1 heterocycles. The topological polar surface area (TPSA) is 36.9 Å². The smallest absolute Gasteiger partial charge is 0.147 e. The summed E-state index contributed by atoms with van der Waals surface area (Å²) in [5.41, 5.74) is 5.64. The number of para-hydroxylation sites is 1. The number of morpholine rings is 1. The van der Waals surface area contributed by atoms with Crippen molar-refractivity contribution in [1.82, 2.24) is 0 Å². The number of rotatable bonds is 4. The van der Waals surface area contributed by atoms with E-state index in [1.165, 1.54) is 6.07 Å². The lowest BCUT2D eigenvalue weighted by Gasteiger charge is -2.29. The molecule has 0 spiro atoms. The normalized spacial score (nSPS) is 15.5. The van der Waals surface area contributed by atoms with Gasteiger partial charge in [-0.2, -0.15) is 5.10 Å². The first-order chi connectivity index (χ1) is 11.6. The third-order valence-corrected chi connectivity index (χ3v) is 4.26.